The van der Waals surface area contributed by atoms with E-state index in [1.165, 1.54) is 16.0 Å². The van der Waals surface area contributed by atoms with Crippen LogP contribution in [0, 0.1) is 20.8 Å². The summed E-state index contributed by atoms with van der Waals surface area (Å²) in [5.74, 6) is -1.59. The molecule has 1 rings (SSSR count). The van der Waals surface area contributed by atoms with Crippen LogP contribution in [0.5, 0.6) is 0 Å². The van der Waals surface area contributed by atoms with Gasteiger partial charge in [-0.25, -0.2) is 0 Å². The molecule has 0 aliphatic carbocycles. The van der Waals surface area contributed by atoms with Crippen molar-refractivity contribution < 1.29 is 9.59 Å². The van der Waals surface area contributed by atoms with Gasteiger partial charge >= 0.3 is 11.8 Å². The first-order valence-corrected chi connectivity index (χ1v) is 5.45. The molecule has 0 aliphatic heterocycles. The Bertz CT molecular complexity index is 467. The maximum absolute atomic E-state index is 11.4. The smallest absolute Gasteiger partial charge is 0.311 e. The lowest BCUT2D eigenvalue weighted by Crippen LogP contribution is -2.37. The quantitative estimate of drug-likeness (QED) is 0.777. The fourth-order valence-corrected chi connectivity index (χ4v) is 1.70. The van der Waals surface area contributed by atoms with Gasteiger partial charge in [0.25, 0.3) is 0 Å². The predicted molar refractivity (Wildman–Crippen MR) is 66.3 cm³/mol. The van der Waals surface area contributed by atoms with Gasteiger partial charge in [-0.15, -0.1) is 0 Å². The van der Waals surface area contributed by atoms with Crippen LogP contribution in [-0.4, -0.2) is 23.8 Å². The molecule has 1 aromatic rings. The van der Waals surface area contributed by atoms with E-state index in [2.05, 4.69) is 0 Å². The van der Waals surface area contributed by atoms with Crippen LogP contribution in [0.2, 0.25) is 0 Å². The lowest BCUT2D eigenvalue weighted by Gasteiger charge is -2.18. The van der Waals surface area contributed by atoms with Gasteiger partial charge in [-0.1, -0.05) is 12.1 Å². The Labute approximate surface area is 101 Å². The first kappa shape index (κ1) is 13.2. The summed E-state index contributed by atoms with van der Waals surface area (Å²) in [7, 11) is 1.57. The fourth-order valence-electron chi connectivity index (χ4n) is 1.70. The zero-order valence-corrected chi connectivity index (χ0v) is 10.7. The van der Waals surface area contributed by atoms with Crippen molar-refractivity contribution in [1.82, 2.24) is 4.90 Å². The normalized spacial score (nSPS) is 10.1. The van der Waals surface area contributed by atoms with E-state index in [9.17, 15) is 9.59 Å². The third-order valence-electron chi connectivity index (χ3n) is 3.14. The molecule has 0 unspecified atom stereocenters. The Morgan fingerprint density at radius 1 is 1.18 bits per heavy atom. The van der Waals surface area contributed by atoms with Gasteiger partial charge < -0.3 is 10.6 Å². The van der Waals surface area contributed by atoms with E-state index in [0.717, 1.165) is 11.1 Å². The molecule has 0 heterocycles. The molecule has 0 fully saturated rings. The Kier molecular flexibility index (Phi) is 3.89. The van der Waals surface area contributed by atoms with E-state index in [1.54, 1.807) is 7.05 Å². The highest BCUT2D eigenvalue weighted by atomic mass is 16.2. The third kappa shape index (κ3) is 2.84. The maximum atomic E-state index is 11.4. The first-order chi connectivity index (χ1) is 7.84. The second kappa shape index (κ2) is 4.99. The van der Waals surface area contributed by atoms with Crippen LogP contribution in [0.3, 0.4) is 0 Å². The number of hydrogen-bond donors (Lipinski definition) is 1. The summed E-state index contributed by atoms with van der Waals surface area (Å²) in [6, 6.07) is 3.99. The highest BCUT2D eigenvalue weighted by Crippen LogP contribution is 2.18. The van der Waals surface area contributed by atoms with Crippen LogP contribution in [0.25, 0.3) is 0 Å². The van der Waals surface area contributed by atoms with Crippen LogP contribution in [0.4, 0.5) is 0 Å². The summed E-state index contributed by atoms with van der Waals surface area (Å²) in [6.07, 6.45) is 0. The molecule has 2 N–H and O–H groups in total. The standard InChI is InChI=1S/C13H18N2O2/c1-8-5-6-11(10(3)9(8)2)7-15(4)13(17)12(14)16/h5-6H,7H2,1-4H3,(H2,14,16). The van der Waals surface area contributed by atoms with Crippen molar-refractivity contribution in [2.24, 2.45) is 5.73 Å². The molecule has 0 saturated heterocycles. The molecule has 4 heteroatoms. The number of carbonyl (C=O) groups is 2. The third-order valence-corrected chi connectivity index (χ3v) is 3.14. The largest absolute Gasteiger partial charge is 0.361 e. The lowest BCUT2D eigenvalue weighted by atomic mass is 9.98. The fraction of sp³-hybridized carbons (Fsp3) is 0.385. The molecule has 0 spiro atoms. The molecule has 0 atom stereocenters. The second-order valence-electron chi connectivity index (χ2n) is 4.32. The first-order valence-electron chi connectivity index (χ1n) is 5.45. The zero-order chi connectivity index (χ0) is 13.2. The van der Waals surface area contributed by atoms with Gasteiger partial charge in [0, 0.05) is 13.6 Å². The van der Waals surface area contributed by atoms with Crippen LogP contribution in [-0.2, 0) is 16.1 Å². The van der Waals surface area contributed by atoms with E-state index < -0.39 is 11.8 Å². The number of benzene rings is 1. The predicted octanol–water partition coefficient (Wildman–Crippen LogP) is 1.06. The van der Waals surface area contributed by atoms with Gasteiger partial charge in [0.15, 0.2) is 0 Å². The summed E-state index contributed by atoms with van der Waals surface area (Å²) in [4.78, 5) is 23.5. The van der Waals surface area contributed by atoms with Crippen molar-refractivity contribution in [1.29, 1.82) is 0 Å². The molecule has 17 heavy (non-hydrogen) atoms. The molecule has 0 aromatic heterocycles. The SMILES string of the molecule is Cc1ccc(CN(C)C(=O)C(N)=O)c(C)c1C. The average molecular weight is 234 g/mol. The topological polar surface area (TPSA) is 63.4 Å². The minimum absolute atomic E-state index is 0.398. The number of primary amides is 1. The van der Waals surface area contributed by atoms with E-state index in [0.29, 0.717) is 6.54 Å². The van der Waals surface area contributed by atoms with E-state index >= 15 is 0 Å². The monoisotopic (exact) mass is 234 g/mol. The molecule has 0 aliphatic rings. The number of hydrogen-bond acceptors (Lipinski definition) is 2. The number of rotatable bonds is 2. The molecular formula is C13H18N2O2. The van der Waals surface area contributed by atoms with Gasteiger partial charge in [0.2, 0.25) is 0 Å². The molecule has 92 valence electrons. The summed E-state index contributed by atoms with van der Waals surface area (Å²) in [6.45, 7) is 6.50. The Hall–Kier alpha value is -1.84. The molecule has 0 saturated carbocycles. The average Bonchev–Trinajstić information content (AvgIpc) is 2.28. The van der Waals surface area contributed by atoms with Crippen molar-refractivity contribution in [3.63, 3.8) is 0 Å². The highest BCUT2D eigenvalue weighted by Gasteiger charge is 2.16. The number of nitrogens with zero attached hydrogens (tertiary/aromatic N) is 1. The number of nitrogens with two attached hydrogens (primary N) is 1. The molecule has 2 amide bonds. The van der Waals surface area contributed by atoms with Gasteiger partial charge in [-0.2, -0.15) is 0 Å². The van der Waals surface area contributed by atoms with Gasteiger partial charge in [0.1, 0.15) is 0 Å². The summed E-state index contributed by atoms with van der Waals surface area (Å²) in [5.41, 5.74) is 9.56. The van der Waals surface area contributed by atoms with Gasteiger partial charge in [-0.3, -0.25) is 9.59 Å². The van der Waals surface area contributed by atoms with Gasteiger partial charge in [-0.05, 0) is 43.0 Å². The van der Waals surface area contributed by atoms with E-state index in [1.807, 2.05) is 32.9 Å². The molecule has 1 aromatic carbocycles. The van der Waals surface area contributed by atoms with Crippen LogP contribution in [0.1, 0.15) is 22.3 Å². The van der Waals surface area contributed by atoms with Crippen molar-refractivity contribution >= 4 is 11.8 Å². The lowest BCUT2D eigenvalue weighted by molar-refractivity contribution is -0.143. The van der Waals surface area contributed by atoms with Crippen LogP contribution < -0.4 is 5.73 Å². The van der Waals surface area contributed by atoms with E-state index in [4.69, 9.17) is 5.73 Å². The molecule has 4 nitrogen and oxygen atoms in total. The van der Waals surface area contributed by atoms with Crippen molar-refractivity contribution in [2.45, 2.75) is 27.3 Å². The Morgan fingerprint density at radius 3 is 2.29 bits per heavy atom. The van der Waals surface area contributed by atoms with Crippen LogP contribution >= 0.6 is 0 Å². The second-order valence-corrected chi connectivity index (χ2v) is 4.32. The summed E-state index contributed by atoms with van der Waals surface area (Å²) >= 11 is 0. The number of carbonyl (C=O) groups excluding carboxylic acids is 2. The van der Waals surface area contributed by atoms with Gasteiger partial charge in [0.05, 0.1) is 0 Å². The minimum Gasteiger partial charge on any atom is -0.361 e. The summed E-state index contributed by atoms with van der Waals surface area (Å²) in [5, 5.41) is 0. The van der Waals surface area contributed by atoms with Crippen molar-refractivity contribution in [3.8, 4) is 0 Å². The molecule has 0 bridgehead atoms. The Morgan fingerprint density at radius 2 is 1.76 bits per heavy atom. The zero-order valence-electron chi connectivity index (χ0n) is 10.7. The molecule has 0 radical (unpaired) electrons. The van der Waals surface area contributed by atoms with Crippen molar-refractivity contribution in [2.75, 3.05) is 7.05 Å². The van der Waals surface area contributed by atoms with Crippen LogP contribution in [0.15, 0.2) is 12.1 Å². The maximum Gasteiger partial charge on any atom is 0.311 e. The minimum atomic E-state index is -0.922. The molecular weight excluding hydrogens is 216 g/mol. The number of aryl methyl sites for hydroxylation is 1. The number of likely N-dealkylation sites (N-methyl/N-ethyl adjacent to an activating group) is 1. The number of amides is 2. The Balaban J connectivity index is 2.93. The van der Waals surface area contributed by atoms with Crippen molar-refractivity contribution in [3.05, 3.63) is 34.4 Å². The highest BCUT2D eigenvalue weighted by molar-refractivity contribution is 6.34. The van der Waals surface area contributed by atoms with E-state index in [-0.39, 0.29) is 0 Å². The summed E-state index contributed by atoms with van der Waals surface area (Å²) < 4.78 is 0.